The summed E-state index contributed by atoms with van der Waals surface area (Å²) in [5, 5.41) is 6.84. The third-order valence-electron chi connectivity index (χ3n) is 2.76. The molecule has 0 aromatic carbocycles. The van der Waals surface area contributed by atoms with E-state index in [4.69, 9.17) is 0 Å². The lowest BCUT2D eigenvalue weighted by atomic mass is 10.2. The standard InChI is InChI=1S/C12H13FN4O/c1-7-11(8(2)17(3)16-7)15-12(18)9-4-5-14-6-10(9)13/h4-6H,1-3H3,(H,15,18). The third-order valence-corrected chi connectivity index (χ3v) is 2.76. The van der Waals surface area contributed by atoms with Crippen molar-refractivity contribution in [3.05, 3.63) is 41.2 Å². The minimum Gasteiger partial charge on any atom is -0.319 e. The highest BCUT2D eigenvalue weighted by Gasteiger charge is 2.16. The molecule has 0 aliphatic heterocycles. The van der Waals surface area contributed by atoms with Crippen molar-refractivity contribution >= 4 is 11.6 Å². The van der Waals surface area contributed by atoms with Crippen LogP contribution in [-0.4, -0.2) is 20.7 Å². The predicted molar refractivity (Wildman–Crippen MR) is 64.8 cm³/mol. The molecule has 0 unspecified atom stereocenters. The van der Waals surface area contributed by atoms with Crippen LogP contribution in [0.25, 0.3) is 0 Å². The summed E-state index contributed by atoms with van der Waals surface area (Å²) >= 11 is 0. The molecule has 0 radical (unpaired) electrons. The first-order valence-corrected chi connectivity index (χ1v) is 5.41. The molecule has 0 fully saturated rings. The summed E-state index contributed by atoms with van der Waals surface area (Å²) in [6, 6.07) is 1.34. The van der Waals surface area contributed by atoms with Crippen LogP contribution in [0.4, 0.5) is 10.1 Å². The van der Waals surface area contributed by atoms with Crippen molar-refractivity contribution < 1.29 is 9.18 Å². The van der Waals surface area contributed by atoms with E-state index in [1.54, 1.807) is 18.7 Å². The summed E-state index contributed by atoms with van der Waals surface area (Å²) < 4.78 is 15.1. The summed E-state index contributed by atoms with van der Waals surface area (Å²) in [4.78, 5) is 15.5. The number of halogens is 1. The Morgan fingerprint density at radius 1 is 1.44 bits per heavy atom. The molecule has 94 valence electrons. The summed E-state index contributed by atoms with van der Waals surface area (Å²) in [5.41, 5.74) is 2.08. The van der Waals surface area contributed by atoms with E-state index < -0.39 is 11.7 Å². The van der Waals surface area contributed by atoms with E-state index in [0.29, 0.717) is 11.4 Å². The van der Waals surface area contributed by atoms with E-state index in [9.17, 15) is 9.18 Å². The normalized spacial score (nSPS) is 10.4. The fraction of sp³-hybridized carbons (Fsp3) is 0.250. The van der Waals surface area contributed by atoms with Crippen LogP contribution in [0.2, 0.25) is 0 Å². The second-order valence-electron chi connectivity index (χ2n) is 3.98. The average Bonchev–Trinajstić information content (AvgIpc) is 2.56. The number of nitrogens with zero attached hydrogens (tertiary/aromatic N) is 3. The van der Waals surface area contributed by atoms with Crippen LogP contribution >= 0.6 is 0 Å². The smallest absolute Gasteiger partial charge is 0.258 e. The zero-order valence-corrected chi connectivity index (χ0v) is 10.4. The fourth-order valence-corrected chi connectivity index (χ4v) is 1.69. The van der Waals surface area contributed by atoms with E-state index in [0.717, 1.165) is 11.9 Å². The van der Waals surface area contributed by atoms with Crippen molar-refractivity contribution in [1.82, 2.24) is 14.8 Å². The summed E-state index contributed by atoms with van der Waals surface area (Å²) in [6.07, 6.45) is 2.39. The van der Waals surface area contributed by atoms with Gasteiger partial charge in [-0.2, -0.15) is 5.10 Å². The molecule has 5 nitrogen and oxygen atoms in total. The van der Waals surface area contributed by atoms with Gasteiger partial charge in [-0.05, 0) is 19.9 Å². The topological polar surface area (TPSA) is 59.8 Å². The van der Waals surface area contributed by atoms with Crippen LogP contribution in [-0.2, 0) is 7.05 Å². The second-order valence-corrected chi connectivity index (χ2v) is 3.98. The van der Waals surface area contributed by atoms with Gasteiger partial charge in [0, 0.05) is 13.2 Å². The number of nitrogens with one attached hydrogen (secondary N) is 1. The second kappa shape index (κ2) is 4.56. The number of carbonyl (C=O) groups excluding carboxylic acids is 1. The summed E-state index contributed by atoms with van der Waals surface area (Å²) in [6.45, 7) is 3.62. The van der Waals surface area contributed by atoms with Crippen molar-refractivity contribution in [2.45, 2.75) is 13.8 Å². The number of anilines is 1. The average molecular weight is 248 g/mol. The molecule has 2 aromatic rings. The van der Waals surface area contributed by atoms with Crippen molar-refractivity contribution in [2.75, 3.05) is 5.32 Å². The summed E-state index contributed by atoms with van der Waals surface area (Å²) in [7, 11) is 1.78. The highest BCUT2D eigenvalue weighted by atomic mass is 19.1. The Kier molecular flexibility index (Phi) is 3.10. The van der Waals surface area contributed by atoms with E-state index >= 15 is 0 Å². The minimum atomic E-state index is -0.644. The Bertz CT molecular complexity index is 606. The number of rotatable bonds is 2. The first-order valence-electron chi connectivity index (χ1n) is 5.41. The SMILES string of the molecule is Cc1nn(C)c(C)c1NC(=O)c1ccncc1F. The Balaban J connectivity index is 2.30. The van der Waals surface area contributed by atoms with Crippen molar-refractivity contribution in [3.63, 3.8) is 0 Å². The van der Waals surface area contributed by atoms with Gasteiger partial charge in [-0.3, -0.25) is 14.5 Å². The molecule has 18 heavy (non-hydrogen) atoms. The summed E-state index contributed by atoms with van der Waals surface area (Å²) in [5.74, 6) is -1.15. The number of aromatic nitrogens is 3. The van der Waals surface area contributed by atoms with Crippen LogP contribution in [0.1, 0.15) is 21.7 Å². The molecule has 0 atom stereocenters. The predicted octanol–water partition coefficient (Wildman–Crippen LogP) is 1.82. The van der Waals surface area contributed by atoms with E-state index in [1.807, 2.05) is 6.92 Å². The number of hydrogen-bond donors (Lipinski definition) is 1. The zero-order valence-electron chi connectivity index (χ0n) is 10.4. The van der Waals surface area contributed by atoms with Gasteiger partial charge < -0.3 is 5.32 Å². The molecule has 0 bridgehead atoms. The van der Waals surface area contributed by atoms with Crippen molar-refractivity contribution in [2.24, 2.45) is 7.05 Å². The number of aryl methyl sites for hydroxylation is 2. The molecule has 0 spiro atoms. The van der Waals surface area contributed by atoms with Crippen molar-refractivity contribution in [1.29, 1.82) is 0 Å². The van der Waals surface area contributed by atoms with Gasteiger partial charge in [-0.15, -0.1) is 0 Å². The van der Waals surface area contributed by atoms with Crippen LogP contribution in [0.3, 0.4) is 0 Å². The first kappa shape index (κ1) is 12.2. The highest BCUT2D eigenvalue weighted by Crippen LogP contribution is 2.19. The molecule has 1 N–H and O–H groups in total. The third kappa shape index (κ3) is 2.09. The molecule has 0 saturated carbocycles. The largest absolute Gasteiger partial charge is 0.319 e. The van der Waals surface area contributed by atoms with E-state index in [-0.39, 0.29) is 5.56 Å². The number of pyridine rings is 1. The Labute approximate surface area is 104 Å². The van der Waals surface area contributed by atoms with E-state index in [2.05, 4.69) is 15.4 Å². The molecule has 2 rings (SSSR count). The van der Waals surface area contributed by atoms with Gasteiger partial charge >= 0.3 is 0 Å². The molecule has 2 heterocycles. The lowest BCUT2D eigenvalue weighted by molar-refractivity contribution is 0.102. The molecule has 0 aliphatic rings. The zero-order chi connectivity index (χ0) is 13.3. The monoisotopic (exact) mass is 248 g/mol. The van der Waals surface area contributed by atoms with E-state index in [1.165, 1.54) is 12.3 Å². The molecule has 0 aliphatic carbocycles. The molecule has 0 saturated heterocycles. The molecule has 2 aromatic heterocycles. The lowest BCUT2D eigenvalue weighted by Gasteiger charge is -2.06. The van der Waals surface area contributed by atoms with Gasteiger partial charge in [0.2, 0.25) is 0 Å². The minimum absolute atomic E-state index is 0.0346. The molecular weight excluding hydrogens is 235 g/mol. The van der Waals surface area contributed by atoms with Gasteiger partial charge in [0.1, 0.15) is 0 Å². The van der Waals surface area contributed by atoms with Crippen LogP contribution < -0.4 is 5.32 Å². The van der Waals surface area contributed by atoms with Crippen LogP contribution in [0, 0.1) is 19.7 Å². The van der Waals surface area contributed by atoms with Gasteiger partial charge in [0.25, 0.3) is 5.91 Å². The van der Waals surface area contributed by atoms with Gasteiger partial charge in [0.05, 0.1) is 28.8 Å². The maximum Gasteiger partial charge on any atom is 0.258 e. The van der Waals surface area contributed by atoms with Gasteiger partial charge in [0.15, 0.2) is 5.82 Å². The van der Waals surface area contributed by atoms with Gasteiger partial charge in [-0.25, -0.2) is 4.39 Å². The van der Waals surface area contributed by atoms with Gasteiger partial charge in [-0.1, -0.05) is 0 Å². The number of amides is 1. The maximum absolute atomic E-state index is 13.4. The van der Waals surface area contributed by atoms with Crippen LogP contribution in [0.15, 0.2) is 18.5 Å². The van der Waals surface area contributed by atoms with Crippen LogP contribution in [0.5, 0.6) is 0 Å². The molecular formula is C12H13FN4O. The Morgan fingerprint density at radius 3 is 2.72 bits per heavy atom. The van der Waals surface area contributed by atoms with Crippen molar-refractivity contribution in [3.8, 4) is 0 Å². The quantitative estimate of drug-likeness (QED) is 0.881. The molecule has 6 heteroatoms. The highest BCUT2D eigenvalue weighted by molar-refractivity contribution is 6.04. The number of carbonyl (C=O) groups is 1. The Hall–Kier alpha value is -2.24. The first-order chi connectivity index (χ1) is 8.50. The lowest BCUT2D eigenvalue weighted by Crippen LogP contribution is -2.15. The Morgan fingerprint density at radius 2 is 2.17 bits per heavy atom. The fourth-order valence-electron chi connectivity index (χ4n) is 1.69. The maximum atomic E-state index is 13.4. The number of hydrogen-bond acceptors (Lipinski definition) is 3. The molecule has 1 amide bonds.